The highest BCUT2D eigenvalue weighted by atomic mass is 16.3. The SMILES string of the molecule is OCCC1CCN(Cc2ccccn2)C1. The predicted molar refractivity (Wildman–Crippen MR) is 59.3 cm³/mol. The third-order valence-corrected chi connectivity index (χ3v) is 3.02. The van der Waals surface area contributed by atoms with Gasteiger partial charge in [-0.1, -0.05) is 6.07 Å². The van der Waals surface area contributed by atoms with Crippen molar-refractivity contribution < 1.29 is 5.11 Å². The lowest BCUT2D eigenvalue weighted by atomic mass is 10.1. The zero-order valence-corrected chi connectivity index (χ0v) is 8.97. The molecule has 2 heterocycles. The largest absolute Gasteiger partial charge is 0.396 e. The van der Waals surface area contributed by atoms with Crippen LogP contribution in [0.25, 0.3) is 0 Å². The Morgan fingerprint density at radius 1 is 1.47 bits per heavy atom. The predicted octanol–water partition coefficient (Wildman–Crippen LogP) is 1.29. The van der Waals surface area contributed by atoms with Gasteiger partial charge >= 0.3 is 0 Å². The van der Waals surface area contributed by atoms with E-state index in [-0.39, 0.29) is 0 Å². The Hall–Kier alpha value is -0.930. The minimum absolute atomic E-state index is 0.322. The molecule has 1 fully saturated rings. The van der Waals surface area contributed by atoms with Crippen molar-refractivity contribution in [1.29, 1.82) is 0 Å². The van der Waals surface area contributed by atoms with Crippen molar-refractivity contribution in [3.63, 3.8) is 0 Å². The van der Waals surface area contributed by atoms with Crippen molar-refractivity contribution in [3.8, 4) is 0 Å². The van der Waals surface area contributed by atoms with Crippen LogP contribution in [0.4, 0.5) is 0 Å². The summed E-state index contributed by atoms with van der Waals surface area (Å²) in [5, 5.41) is 8.87. The van der Waals surface area contributed by atoms with Crippen molar-refractivity contribution in [2.45, 2.75) is 19.4 Å². The number of rotatable bonds is 4. The summed E-state index contributed by atoms with van der Waals surface area (Å²) in [4.78, 5) is 6.74. The molecule has 1 saturated heterocycles. The third kappa shape index (κ3) is 3.01. The number of hydrogen-bond donors (Lipinski definition) is 1. The van der Waals surface area contributed by atoms with E-state index in [0.717, 1.165) is 31.7 Å². The van der Waals surface area contributed by atoms with Crippen LogP contribution in [-0.2, 0) is 6.54 Å². The molecular weight excluding hydrogens is 188 g/mol. The van der Waals surface area contributed by atoms with E-state index in [1.165, 1.54) is 6.42 Å². The summed E-state index contributed by atoms with van der Waals surface area (Å²) in [5.74, 6) is 0.679. The number of nitrogens with zero attached hydrogens (tertiary/aromatic N) is 2. The third-order valence-electron chi connectivity index (χ3n) is 3.02. The molecule has 0 aliphatic carbocycles. The Labute approximate surface area is 90.8 Å². The van der Waals surface area contributed by atoms with Crippen LogP contribution in [0, 0.1) is 5.92 Å². The van der Waals surface area contributed by atoms with E-state index in [4.69, 9.17) is 5.11 Å². The molecule has 3 nitrogen and oxygen atoms in total. The monoisotopic (exact) mass is 206 g/mol. The van der Waals surface area contributed by atoms with Gasteiger partial charge in [-0.15, -0.1) is 0 Å². The van der Waals surface area contributed by atoms with E-state index in [0.29, 0.717) is 12.5 Å². The Morgan fingerprint density at radius 3 is 3.13 bits per heavy atom. The van der Waals surface area contributed by atoms with E-state index in [2.05, 4.69) is 16.0 Å². The molecule has 0 bridgehead atoms. The normalized spacial score (nSPS) is 22.1. The molecule has 0 amide bonds. The first kappa shape index (κ1) is 10.6. The van der Waals surface area contributed by atoms with E-state index in [1.807, 2.05) is 18.3 Å². The molecule has 82 valence electrons. The molecule has 0 radical (unpaired) electrons. The van der Waals surface area contributed by atoms with Gasteiger partial charge in [0.1, 0.15) is 0 Å². The van der Waals surface area contributed by atoms with Gasteiger partial charge in [0.2, 0.25) is 0 Å². The van der Waals surface area contributed by atoms with Crippen molar-refractivity contribution in [2.24, 2.45) is 5.92 Å². The van der Waals surface area contributed by atoms with Crippen LogP contribution >= 0.6 is 0 Å². The maximum Gasteiger partial charge on any atom is 0.0543 e. The van der Waals surface area contributed by atoms with Crippen molar-refractivity contribution in [1.82, 2.24) is 9.88 Å². The van der Waals surface area contributed by atoms with Gasteiger partial charge < -0.3 is 5.11 Å². The van der Waals surface area contributed by atoms with Crippen LogP contribution in [0.15, 0.2) is 24.4 Å². The molecule has 1 aromatic heterocycles. The van der Waals surface area contributed by atoms with Gasteiger partial charge in [-0.25, -0.2) is 0 Å². The fraction of sp³-hybridized carbons (Fsp3) is 0.583. The molecule has 15 heavy (non-hydrogen) atoms. The second-order valence-corrected chi connectivity index (χ2v) is 4.22. The summed E-state index contributed by atoms with van der Waals surface area (Å²) in [7, 11) is 0. The second kappa shape index (κ2) is 5.24. The molecular formula is C12H18N2O. The first-order valence-electron chi connectivity index (χ1n) is 5.61. The standard InChI is InChI=1S/C12H18N2O/c15-8-5-11-4-7-14(9-11)10-12-3-1-2-6-13-12/h1-3,6,11,15H,4-5,7-10H2. The lowest BCUT2D eigenvalue weighted by Gasteiger charge is -2.14. The van der Waals surface area contributed by atoms with Gasteiger partial charge in [-0.2, -0.15) is 0 Å². The number of aromatic nitrogens is 1. The number of pyridine rings is 1. The van der Waals surface area contributed by atoms with E-state index in [9.17, 15) is 0 Å². The summed E-state index contributed by atoms with van der Waals surface area (Å²) in [6, 6.07) is 6.05. The maximum absolute atomic E-state index is 8.87. The van der Waals surface area contributed by atoms with Crippen LogP contribution in [0.1, 0.15) is 18.5 Å². The fourth-order valence-corrected chi connectivity index (χ4v) is 2.20. The quantitative estimate of drug-likeness (QED) is 0.806. The first-order valence-corrected chi connectivity index (χ1v) is 5.61. The number of hydrogen-bond acceptors (Lipinski definition) is 3. The average molecular weight is 206 g/mol. The van der Waals surface area contributed by atoms with Gasteiger partial charge in [0.25, 0.3) is 0 Å². The molecule has 1 unspecified atom stereocenters. The molecule has 0 spiro atoms. The molecule has 2 rings (SSSR count). The zero-order chi connectivity index (χ0) is 10.5. The Morgan fingerprint density at radius 2 is 2.40 bits per heavy atom. The maximum atomic E-state index is 8.87. The molecule has 1 N–H and O–H groups in total. The number of aliphatic hydroxyl groups is 1. The Kier molecular flexibility index (Phi) is 3.69. The topological polar surface area (TPSA) is 36.4 Å². The molecule has 1 aliphatic rings. The smallest absolute Gasteiger partial charge is 0.0543 e. The highest BCUT2D eigenvalue weighted by molar-refractivity contribution is 5.03. The summed E-state index contributed by atoms with van der Waals surface area (Å²) < 4.78 is 0. The van der Waals surface area contributed by atoms with Crippen molar-refractivity contribution in [2.75, 3.05) is 19.7 Å². The van der Waals surface area contributed by atoms with E-state index < -0.39 is 0 Å². The highest BCUT2D eigenvalue weighted by Gasteiger charge is 2.21. The van der Waals surface area contributed by atoms with Crippen LogP contribution < -0.4 is 0 Å². The lowest BCUT2D eigenvalue weighted by molar-refractivity contribution is 0.249. The number of likely N-dealkylation sites (tertiary alicyclic amines) is 1. The summed E-state index contributed by atoms with van der Waals surface area (Å²) in [6.45, 7) is 3.52. The highest BCUT2D eigenvalue weighted by Crippen LogP contribution is 2.20. The molecule has 0 aromatic carbocycles. The fourth-order valence-electron chi connectivity index (χ4n) is 2.20. The second-order valence-electron chi connectivity index (χ2n) is 4.22. The van der Waals surface area contributed by atoms with E-state index >= 15 is 0 Å². The summed E-state index contributed by atoms with van der Waals surface area (Å²) in [6.07, 6.45) is 4.00. The van der Waals surface area contributed by atoms with Gasteiger partial charge in [0, 0.05) is 25.9 Å². The number of aliphatic hydroxyl groups excluding tert-OH is 1. The van der Waals surface area contributed by atoms with Gasteiger partial charge in [-0.05, 0) is 37.4 Å². The van der Waals surface area contributed by atoms with Gasteiger partial charge in [0.05, 0.1) is 5.69 Å². The van der Waals surface area contributed by atoms with Crippen LogP contribution in [0.5, 0.6) is 0 Å². The summed E-state index contributed by atoms with van der Waals surface area (Å²) in [5.41, 5.74) is 1.14. The first-order chi connectivity index (χ1) is 7.38. The zero-order valence-electron chi connectivity index (χ0n) is 8.97. The molecule has 3 heteroatoms. The molecule has 1 atom stereocenters. The molecule has 1 aromatic rings. The van der Waals surface area contributed by atoms with Gasteiger partial charge in [-0.3, -0.25) is 9.88 Å². The Bertz CT molecular complexity index is 289. The van der Waals surface area contributed by atoms with Crippen molar-refractivity contribution >= 4 is 0 Å². The van der Waals surface area contributed by atoms with Crippen LogP contribution in [0.3, 0.4) is 0 Å². The minimum atomic E-state index is 0.322. The minimum Gasteiger partial charge on any atom is -0.396 e. The Balaban J connectivity index is 1.82. The van der Waals surface area contributed by atoms with Gasteiger partial charge in [0.15, 0.2) is 0 Å². The molecule has 1 aliphatic heterocycles. The van der Waals surface area contributed by atoms with Crippen LogP contribution in [-0.4, -0.2) is 34.7 Å². The summed E-state index contributed by atoms with van der Waals surface area (Å²) >= 11 is 0. The van der Waals surface area contributed by atoms with Crippen molar-refractivity contribution in [3.05, 3.63) is 30.1 Å². The molecule has 0 saturated carbocycles. The average Bonchev–Trinajstić information content (AvgIpc) is 2.68. The van der Waals surface area contributed by atoms with E-state index in [1.54, 1.807) is 0 Å². The lowest BCUT2D eigenvalue weighted by Crippen LogP contribution is -2.20. The van der Waals surface area contributed by atoms with Crippen LogP contribution in [0.2, 0.25) is 0 Å².